The smallest absolute Gasteiger partial charge is 0.260 e. The normalized spacial score (nSPS) is 19.1. The van der Waals surface area contributed by atoms with E-state index in [1.807, 2.05) is 36.4 Å². The first-order valence-corrected chi connectivity index (χ1v) is 12.7. The average molecular weight is 495 g/mol. The second-order valence-corrected chi connectivity index (χ2v) is 9.71. The Hall–Kier alpha value is -4.19. The van der Waals surface area contributed by atoms with Gasteiger partial charge in [-0.05, 0) is 78.4 Å². The molecule has 0 N–H and O–H groups in total. The van der Waals surface area contributed by atoms with Crippen LogP contribution in [-0.2, 0) is 11.2 Å². The molecule has 1 atom stereocenters. The van der Waals surface area contributed by atoms with Crippen molar-refractivity contribution < 1.29 is 18.7 Å². The molecule has 2 heterocycles. The number of hydrogen-bond donors (Lipinski definition) is 0. The second kappa shape index (κ2) is 9.69. The summed E-state index contributed by atoms with van der Waals surface area (Å²) >= 11 is 0. The van der Waals surface area contributed by atoms with Gasteiger partial charge in [-0.1, -0.05) is 42.5 Å². The van der Waals surface area contributed by atoms with E-state index < -0.39 is 5.92 Å². The molecule has 1 aliphatic carbocycles. The van der Waals surface area contributed by atoms with Crippen LogP contribution in [0.2, 0.25) is 0 Å². The van der Waals surface area contributed by atoms with Crippen molar-refractivity contribution in [1.29, 1.82) is 0 Å². The highest BCUT2D eigenvalue weighted by atomic mass is 19.1. The van der Waals surface area contributed by atoms with Gasteiger partial charge in [-0.15, -0.1) is 0 Å². The Morgan fingerprint density at radius 2 is 1.68 bits per heavy atom. The molecule has 0 radical (unpaired) electrons. The van der Waals surface area contributed by atoms with Crippen LogP contribution in [0.4, 0.5) is 4.39 Å². The molecule has 186 valence electrons. The summed E-state index contributed by atoms with van der Waals surface area (Å²) in [5.74, 6) is -0.00839. The first-order valence-electron chi connectivity index (χ1n) is 12.7. The summed E-state index contributed by atoms with van der Waals surface area (Å²) in [7, 11) is 0. The summed E-state index contributed by atoms with van der Waals surface area (Å²) in [6.45, 7) is 1.13. The van der Waals surface area contributed by atoms with E-state index in [0.29, 0.717) is 29.2 Å². The zero-order valence-electron chi connectivity index (χ0n) is 20.3. The molecule has 6 rings (SSSR count). The molecule has 3 aromatic carbocycles. The minimum absolute atomic E-state index is 0.259. The van der Waals surface area contributed by atoms with Crippen LogP contribution in [0.25, 0.3) is 0 Å². The Labute approximate surface area is 215 Å². The average Bonchev–Trinajstić information content (AvgIpc) is 3.77. The van der Waals surface area contributed by atoms with Gasteiger partial charge in [0, 0.05) is 30.9 Å². The lowest BCUT2D eigenvalue weighted by molar-refractivity contribution is -0.129. The van der Waals surface area contributed by atoms with Gasteiger partial charge in [0.25, 0.3) is 5.91 Å². The SMILES string of the molecule is O=C1c2ccccc2C(c2ccc(F)cc2)C(=O)N1CCc1ccc(OC2=CCN(C3CC3)C=C2)cc1. The molecule has 2 amide bonds. The number of benzene rings is 3. The minimum atomic E-state index is -0.641. The van der Waals surface area contributed by atoms with Gasteiger partial charge in [0.05, 0.1) is 5.92 Å². The van der Waals surface area contributed by atoms with E-state index in [0.717, 1.165) is 23.6 Å². The third-order valence-corrected chi connectivity index (χ3v) is 7.20. The maximum Gasteiger partial charge on any atom is 0.260 e. The first-order chi connectivity index (χ1) is 18.1. The topological polar surface area (TPSA) is 49.9 Å². The molecule has 3 aromatic rings. The van der Waals surface area contributed by atoms with Gasteiger partial charge in [0.2, 0.25) is 5.91 Å². The van der Waals surface area contributed by atoms with Crippen molar-refractivity contribution in [3.63, 3.8) is 0 Å². The molecule has 0 saturated heterocycles. The van der Waals surface area contributed by atoms with Crippen LogP contribution in [0.15, 0.2) is 96.9 Å². The van der Waals surface area contributed by atoms with E-state index in [-0.39, 0.29) is 24.2 Å². The molecule has 1 saturated carbocycles. The molecule has 0 aromatic heterocycles. The second-order valence-electron chi connectivity index (χ2n) is 9.71. The van der Waals surface area contributed by atoms with Crippen LogP contribution in [0.5, 0.6) is 5.75 Å². The minimum Gasteiger partial charge on any atom is -0.458 e. The fourth-order valence-electron chi connectivity index (χ4n) is 5.01. The molecular weight excluding hydrogens is 467 g/mol. The van der Waals surface area contributed by atoms with Crippen molar-refractivity contribution in [1.82, 2.24) is 9.80 Å². The van der Waals surface area contributed by atoms with Gasteiger partial charge in [-0.3, -0.25) is 14.5 Å². The summed E-state index contributed by atoms with van der Waals surface area (Å²) in [5.41, 5.74) is 2.84. The standard InChI is InChI=1S/C31H27FN2O3/c32-23-9-7-22(8-10-23)29-27-3-1-2-4-28(27)30(35)34(31(29)36)20-15-21-5-13-25(14-6-21)37-26-16-18-33(19-17-26)24-11-12-24/h1-10,13-14,16-18,24,29H,11-12,15,19-20H2. The Morgan fingerprint density at radius 1 is 0.919 bits per heavy atom. The van der Waals surface area contributed by atoms with E-state index in [4.69, 9.17) is 4.74 Å². The molecule has 2 aliphatic heterocycles. The fourth-order valence-corrected chi connectivity index (χ4v) is 5.01. The molecule has 1 fully saturated rings. The van der Waals surface area contributed by atoms with Gasteiger partial charge in [0.15, 0.2) is 0 Å². The highest BCUT2D eigenvalue weighted by Gasteiger charge is 2.39. The van der Waals surface area contributed by atoms with E-state index in [2.05, 4.69) is 17.2 Å². The Kier molecular flexibility index (Phi) is 6.08. The molecular formula is C31H27FN2O3. The van der Waals surface area contributed by atoms with Crippen LogP contribution in [0, 0.1) is 5.82 Å². The van der Waals surface area contributed by atoms with Gasteiger partial charge in [0.1, 0.15) is 17.3 Å². The number of imide groups is 1. The van der Waals surface area contributed by atoms with E-state index in [1.54, 1.807) is 30.3 Å². The predicted octanol–water partition coefficient (Wildman–Crippen LogP) is 5.44. The highest BCUT2D eigenvalue weighted by molar-refractivity contribution is 6.12. The summed E-state index contributed by atoms with van der Waals surface area (Å²) in [6, 6.07) is 21.5. The van der Waals surface area contributed by atoms with Gasteiger partial charge in [-0.25, -0.2) is 4.39 Å². The number of hydrogen-bond acceptors (Lipinski definition) is 4. The van der Waals surface area contributed by atoms with Crippen LogP contribution >= 0.6 is 0 Å². The van der Waals surface area contributed by atoms with E-state index in [1.165, 1.54) is 29.9 Å². The van der Waals surface area contributed by atoms with Crippen LogP contribution in [0.3, 0.4) is 0 Å². The number of fused-ring (bicyclic) bond motifs is 1. The summed E-state index contributed by atoms with van der Waals surface area (Å²) in [6.07, 6.45) is 9.25. The monoisotopic (exact) mass is 494 g/mol. The zero-order chi connectivity index (χ0) is 25.4. The lowest BCUT2D eigenvalue weighted by Gasteiger charge is -2.33. The predicted molar refractivity (Wildman–Crippen MR) is 138 cm³/mol. The van der Waals surface area contributed by atoms with Crippen molar-refractivity contribution in [2.24, 2.45) is 0 Å². The third-order valence-electron chi connectivity index (χ3n) is 7.20. The number of halogens is 1. The largest absolute Gasteiger partial charge is 0.458 e. The van der Waals surface area contributed by atoms with Crippen LogP contribution in [0.1, 0.15) is 45.8 Å². The summed E-state index contributed by atoms with van der Waals surface area (Å²) < 4.78 is 19.5. The number of allylic oxidation sites excluding steroid dienone is 1. The molecule has 5 nitrogen and oxygen atoms in total. The number of carbonyl (C=O) groups is 2. The molecule has 0 bridgehead atoms. The molecule has 37 heavy (non-hydrogen) atoms. The molecule has 0 spiro atoms. The lowest BCUT2D eigenvalue weighted by atomic mass is 9.83. The van der Waals surface area contributed by atoms with Crippen molar-refractivity contribution >= 4 is 11.8 Å². The van der Waals surface area contributed by atoms with E-state index >= 15 is 0 Å². The van der Waals surface area contributed by atoms with Crippen molar-refractivity contribution in [3.8, 4) is 5.75 Å². The first kappa shape index (κ1) is 23.2. The van der Waals surface area contributed by atoms with Crippen molar-refractivity contribution in [2.75, 3.05) is 13.1 Å². The van der Waals surface area contributed by atoms with Crippen LogP contribution in [-0.4, -0.2) is 40.7 Å². The lowest BCUT2D eigenvalue weighted by Crippen LogP contribution is -2.46. The Balaban J connectivity index is 1.14. The highest BCUT2D eigenvalue weighted by Crippen LogP contribution is 2.35. The van der Waals surface area contributed by atoms with E-state index in [9.17, 15) is 14.0 Å². The summed E-state index contributed by atoms with van der Waals surface area (Å²) in [4.78, 5) is 30.4. The van der Waals surface area contributed by atoms with Crippen LogP contribution < -0.4 is 4.74 Å². The summed E-state index contributed by atoms with van der Waals surface area (Å²) in [5, 5.41) is 0. The van der Waals surface area contributed by atoms with Gasteiger partial charge >= 0.3 is 0 Å². The number of carbonyl (C=O) groups excluding carboxylic acids is 2. The number of amides is 2. The van der Waals surface area contributed by atoms with Gasteiger partial charge in [-0.2, -0.15) is 0 Å². The maximum absolute atomic E-state index is 13.5. The molecule has 1 unspecified atom stereocenters. The molecule has 3 aliphatic rings. The fraction of sp³-hybridized carbons (Fsp3) is 0.226. The number of rotatable bonds is 7. The number of ether oxygens (including phenoxy) is 1. The zero-order valence-corrected chi connectivity index (χ0v) is 20.3. The number of nitrogens with zero attached hydrogens (tertiary/aromatic N) is 2. The van der Waals surface area contributed by atoms with Gasteiger partial charge < -0.3 is 9.64 Å². The quantitative estimate of drug-likeness (QED) is 0.411. The van der Waals surface area contributed by atoms with Crippen molar-refractivity contribution in [2.45, 2.75) is 31.2 Å². The molecule has 6 heteroatoms. The van der Waals surface area contributed by atoms with Crippen molar-refractivity contribution in [3.05, 3.63) is 125 Å². The Morgan fingerprint density at radius 3 is 2.38 bits per heavy atom. The Bertz CT molecular complexity index is 1390. The third kappa shape index (κ3) is 4.79. The maximum atomic E-state index is 13.5.